The molecule has 0 aromatic heterocycles. The van der Waals surface area contributed by atoms with E-state index in [9.17, 15) is 9.59 Å². The molecule has 0 saturated carbocycles. The van der Waals surface area contributed by atoms with Gasteiger partial charge < -0.3 is 15.0 Å². The number of hydrogen-bond donors (Lipinski definition) is 1. The van der Waals surface area contributed by atoms with Crippen LogP contribution in [0.3, 0.4) is 0 Å². The van der Waals surface area contributed by atoms with E-state index in [0.717, 1.165) is 11.1 Å². The number of benzene rings is 2. The second-order valence-electron chi connectivity index (χ2n) is 8.22. The maximum atomic E-state index is 13.2. The van der Waals surface area contributed by atoms with E-state index >= 15 is 0 Å². The Labute approximate surface area is 184 Å². The van der Waals surface area contributed by atoms with Gasteiger partial charge in [0.05, 0.1) is 0 Å². The van der Waals surface area contributed by atoms with E-state index < -0.39 is 6.04 Å². The molecule has 2 aromatic carbocycles. The number of hydrogen-bond acceptors (Lipinski definition) is 3. The van der Waals surface area contributed by atoms with Gasteiger partial charge in [0, 0.05) is 18.6 Å². The number of rotatable bonds is 8. The molecular formula is C24H31ClN2O3. The molecule has 2 amide bonds. The SMILES string of the molecule is CC[C@H](C(=O)NC)N(Cc1ccc(Cl)cc1)C(=O)COc1ccccc1C(C)(C)C. The third-order valence-corrected chi connectivity index (χ3v) is 5.20. The zero-order valence-corrected chi connectivity index (χ0v) is 19.1. The predicted molar refractivity (Wildman–Crippen MR) is 121 cm³/mol. The minimum Gasteiger partial charge on any atom is -0.483 e. The zero-order chi connectivity index (χ0) is 22.3. The number of likely N-dealkylation sites (N-methyl/N-ethyl adjacent to an activating group) is 1. The third kappa shape index (κ3) is 6.23. The van der Waals surface area contributed by atoms with Crippen molar-refractivity contribution in [2.45, 2.75) is 52.1 Å². The van der Waals surface area contributed by atoms with Crippen LogP contribution in [0.1, 0.15) is 45.2 Å². The van der Waals surface area contributed by atoms with Gasteiger partial charge in [-0.15, -0.1) is 0 Å². The first kappa shape index (κ1) is 23.7. The van der Waals surface area contributed by atoms with Crippen molar-refractivity contribution in [3.63, 3.8) is 0 Å². The summed E-state index contributed by atoms with van der Waals surface area (Å²) in [4.78, 5) is 27.2. The van der Waals surface area contributed by atoms with Gasteiger partial charge in [-0.2, -0.15) is 0 Å². The predicted octanol–water partition coefficient (Wildman–Crippen LogP) is 4.57. The van der Waals surface area contributed by atoms with Crippen molar-refractivity contribution in [3.8, 4) is 5.75 Å². The maximum Gasteiger partial charge on any atom is 0.261 e. The van der Waals surface area contributed by atoms with Crippen LogP contribution < -0.4 is 10.1 Å². The van der Waals surface area contributed by atoms with Crippen LogP contribution in [0.4, 0.5) is 0 Å². The van der Waals surface area contributed by atoms with Crippen LogP contribution in [0.25, 0.3) is 0 Å². The van der Waals surface area contributed by atoms with E-state index in [1.807, 2.05) is 43.3 Å². The van der Waals surface area contributed by atoms with Crippen molar-refractivity contribution in [1.29, 1.82) is 0 Å². The highest BCUT2D eigenvalue weighted by atomic mass is 35.5. The zero-order valence-electron chi connectivity index (χ0n) is 18.4. The quantitative estimate of drug-likeness (QED) is 0.667. The summed E-state index contributed by atoms with van der Waals surface area (Å²) in [6, 6.07) is 14.4. The van der Waals surface area contributed by atoms with Crippen molar-refractivity contribution in [2.24, 2.45) is 0 Å². The van der Waals surface area contributed by atoms with Gasteiger partial charge in [0.25, 0.3) is 5.91 Å². The van der Waals surface area contributed by atoms with Gasteiger partial charge >= 0.3 is 0 Å². The fourth-order valence-corrected chi connectivity index (χ4v) is 3.43. The molecule has 0 aliphatic heterocycles. The fourth-order valence-electron chi connectivity index (χ4n) is 3.31. The Balaban J connectivity index is 2.24. The molecule has 0 aliphatic carbocycles. The second-order valence-corrected chi connectivity index (χ2v) is 8.66. The van der Waals surface area contributed by atoms with Gasteiger partial charge in [-0.25, -0.2) is 0 Å². The van der Waals surface area contributed by atoms with Crippen LogP contribution in [0.2, 0.25) is 5.02 Å². The molecule has 0 saturated heterocycles. The third-order valence-electron chi connectivity index (χ3n) is 4.94. The summed E-state index contributed by atoms with van der Waals surface area (Å²) >= 11 is 5.98. The van der Waals surface area contributed by atoms with Gasteiger partial charge in [0.1, 0.15) is 11.8 Å². The number of ether oxygens (including phenoxy) is 1. The number of amides is 2. The van der Waals surface area contributed by atoms with E-state index in [1.165, 1.54) is 0 Å². The van der Waals surface area contributed by atoms with E-state index in [4.69, 9.17) is 16.3 Å². The minimum absolute atomic E-state index is 0.114. The van der Waals surface area contributed by atoms with Crippen LogP contribution in [-0.2, 0) is 21.5 Å². The number of para-hydroxylation sites is 1. The highest BCUT2D eigenvalue weighted by Crippen LogP contribution is 2.31. The second kappa shape index (κ2) is 10.5. The van der Waals surface area contributed by atoms with E-state index in [-0.39, 0.29) is 23.8 Å². The lowest BCUT2D eigenvalue weighted by atomic mass is 9.86. The smallest absolute Gasteiger partial charge is 0.261 e. The highest BCUT2D eigenvalue weighted by molar-refractivity contribution is 6.30. The van der Waals surface area contributed by atoms with Gasteiger partial charge in [-0.05, 0) is 41.2 Å². The van der Waals surface area contributed by atoms with Crippen LogP contribution in [0.15, 0.2) is 48.5 Å². The monoisotopic (exact) mass is 430 g/mol. The molecule has 0 heterocycles. The summed E-state index contributed by atoms with van der Waals surface area (Å²) in [5.41, 5.74) is 1.81. The molecule has 2 rings (SSSR count). The normalized spacial score (nSPS) is 12.2. The van der Waals surface area contributed by atoms with E-state index in [0.29, 0.717) is 23.7 Å². The number of halogens is 1. The van der Waals surface area contributed by atoms with Crippen molar-refractivity contribution in [2.75, 3.05) is 13.7 Å². The Morgan fingerprint density at radius 2 is 1.73 bits per heavy atom. The largest absolute Gasteiger partial charge is 0.483 e. The fraction of sp³-hybridized carbons (Fsp3) is 0.417. The number of nitrogens with zero attached hydrogens (tertiary/aromatic N) is 1. The summed E-state index contributed by atoms with van der Waals surface area (Å²) in [7, 11) is 1.58. The molecular weight excluding hydrogens is 400 g/mol. The van der Waals surface area contributed by atoms with Gasteiger partial charge in [0.2, 0.25) is 5.91 Å². The Morgan fingerprint density at radius 3 is 2.30 bits per heavy atom. The highest BCUT2D eigenvalue weighted by Gasteiger charge is 2.28. The Bertz CT molecular complexity index is 859. The first-order valence-corrected chi connectivity index (χ1v) is 10.5. The lowest BCUT2D eigenvalue weighted by molar-refractivity contribution is -0.142. The number of nitrogens with one attached hydrogen (secondary N) is 1. The summed E-state index contributed by atoms with van der Waals surface area (Å²) in [6.07, 6.45) is 0.498. The molecule has 1 N–H and O–H groups in total. The number of carbonyl (C=O) groups is 2. The first-order valence-electron chi connectivity index (χ1n) is 10.1. The Kier molecular flexibility index (Phi) is 8.30. The van der Waals surface area contributed by atoms with E-state index in [2.05, 4.69) is 26.1 Å². The molecule has 1 atom stereocenters. The molecule has 0 unspecified atom stereocenters. The summed E-state index contributed by atoms with van der Waals surface area (Å²) in [5, 5.41) is 3.28. The summed E-state index contributed by atoms with van der Waals surface area (Å²) in [5.74, 6) is 0.233. The van der Waals surface area contributed by atoms with Crippen molar-refractivity contribution in [3.05, 3.63) is 64.7 Å². The van der Waals surface area contributed by atoms with Gasteiger partial charge in [-0.1, -0.05) is 69.6 Å². The van der Waals surface area contributed by atoms with Crippen LogP contribution >= 0.6 is 11.6 Å². The van der Waals surface area contributed by atoms with Crippen molar-refractivity contribution >= 4 is 23.4 Å². The molecule has 0 spiro atoms. The molecule has 0 fully saturated rings. The van der Waals surface area contributed by atoms with Crippen molar-refractivity contribution in [1.82, 2.24) is 10.2 Å². The Hall–Kier alpha value is -2.53. The lowest BCUT2D eigenvalue weighted by Gasteiger charge is -2.30. The molecule has 6 heteroatoms. The lowest BCUT2D eigenvalue weighted by Crippen LogP contribution is -2.49. The molecule has 162 valence electrons. The standard InChI is InChI=1S/C24H31ClN2O3/c1-6-20(23(29)26-5)27(15-17-11-13-18(25)14-12-17)22(28)16-30-21-10-8-7-9-19(21)24(2,3)4/h7-14,20H,6,15-16H2,1-5H3,(H,26,29)/t20-/m1/s1. The molecule has 0 aliphatic rings. The first-order chi connectivity index (χ1) is 14.2. The molecule has 0 radical (unpaired) electrons. The summed E-state index contributed by atoms with van der Waals surface area (Å²) < 4.78 is 5.93. The average Bonchev–Trinajstić information content (AvgIpc) is 2.72. The minimum atomic E-state index is -0.584. The molecule has 5 nitrogen and oxygen atoms in total. The van der Waals surface area contributed by atoms with Crippen LogP contribution in [0, 0.1) is 0 Å². The van der Waals surface area contributed by atoms with Crippen LogP contribution in [-0.4, -0.2) is 36.4 Å². The Morgan fingerprint density at radius 1 is 1.10 bits per heavy atom. The van der Waals surface area contributed by atoms with E-state index in [1.54, 1.807) is 24.1 Å². The molecule has 2 aromatic rings. The topological polar surface area (TPSA) is 58.6 Å². The summed E-state index contributed by atoms with van der Waals surface area (Å²) in [6.45, 7) is 8.34. The number of carbonyl (C=O) groups excluding carboxylic acids is 2. The molecule has 30 heavy (non-hydrogen) atoms. The van der Waals surface area contributed by atoms with Crippen LogP contribution in [0.5, 0.6) is 5.75 Å². The average molecular weight is 431 g/mol. The molecule has 0 bridgehead atoms. The maximum absolute atomic E-state index is 13.2. The van der Waals surface area contributed by atoms with Gasteiger partial charge in [-0.3, -0.25) is 9.59 Å². The van der Waals surface area contributed by atoms with Crippen molar-refractivity contribution < 1.29 is 14.3 Å². The van der Waals surface area contributed by atoms with Gasteiger partial charge in [0.15, 0.2) is 6.61 Å².